The fourth-order valence-corrected chi connectivity index (χ4v) is 2.92. The van der Waals surface area contributed by atoms with E-state index in [0.717, 1.165) is 30.8 Å². The van der Waals surface area contributed by atoms with Crippen molar-refractivity contribution >= 4 is 0 Å². The highest BCUT2D eigenvalue weighted by atomic mass is 16.5. The number of nitrogens with two attached hydrogens (primary N) is 1. The Labute approximate surface area is 118 Å². The van der Waals surface area contributed by atoms with Crippen LogP contribution in [0.1, 0.15) is 31.5 Å². The maximum absolute atomic E-state index is 5.92. The normalized spacial score (nSPS) is 23.9. The Balaban J connectivity index is 2.00. The van der Waals surface area contributed by atoms with Crippen LogP contribution in [0.3, 0.4) is 0 Å². The van der Waals surface area contributed by atoms with E-state index in [1.165, 1.54) is 0 Å². The van der Waals surface area contributed by atoms with Gasteiger partial charge in [0.15, 0.2) is 0 Å². The van der Waals surface area contributed by atoms with Crippen molar-refractivity contribution in [2.45, 2.75) is 31.4 Å². The van der Waals surface area contributed by atoms with Crippen molar-refractivity contribution in [1.82, 2.24) is 15.2 Å². The van der Waals surface area contributed by atoms with E-state index in [1.807, 2.05) is 41.1 Å². The number of benzene rings is 1. The SMILES string of the molecule is CC1(C(NN)c2ccnn2-c2ccccc2)CCCO1. The van der Waals surface area contributed by atoms with Crippen molar-refractivity contribution in [2.75, 3.05) is 6.61 Å². The molecule has 0 saturated carbocycles. The van der Waals surface area contributed by atoms with Gasteiger partial charge in [0.2, 0.25) is 0 Å². The molecule has 1 aromatic heterocycles. The molecule has 2 heterocycles. The summed E-state index contributed by atoms with van der Waals surface area (Å²) in [5.74, 6) is 5.80. The molecule has 2 atom stereocenters. The fourth-order valence-electron chi connectivity index (χ4n) is 2.92. The van der Waals surface area contributed by atoms with Crippen molar-refractivity contribution in [1.29, 1.82) is 0 Å². The summed E-state index contributed by atoms with van der Waals surface area (Å²) in [5.41, 5.74) is 4.66. The molecule has 0 bridgehead atoms. The largest absolute Gasteiger partial charge is 0.373 e. The summed E-state index contributed by atoms with van der Waals surface area (Å²) in [7, 11) is 0. The van der Waals surface area contributed by atoms with Gasteiger partial charge >= 0.3 is 0 Å². The minimum absolute atomic E-state index is 0.0901. The van der Waals surface area contributed by atoms with Crippen LogP contribution < -0.4 is 11.3 Å². The third-order valence-electron chi connectivity index (χ3n) is 4.00. The molecule has 2 aromatic rings. The molecule has 5 nitrogen and oxygen atoms in total. The van der Waals surface area contributed by atoms with Gasteiger partial charge in [-0.25, -0.2) is 10.1 Å². The highest BCUT2D eigenvalue weighted by Crippen LogP contribution is 2.37. The fraction of sp³-hybridized carbons (Fsp3) is 0.400. The lowest BCUT2D eigenvalue weighted by Gasteiger charge is -2.33. The number of nitrogens with one attached hydrogen (secondary N) is 1. The smallest absolute Gasteiger partial charge is 0.0920 e. The zero-order valence-corrected chi connectivity index (χ0v) is 11.6. The van der Waals surface area contributed by atoms with Gasteiger partial charge < -0.3 is 4.74 Å². The minimum Gasteiger partial charge on any atom is -0.373 e. The number of rotatable bonds is 4. The Bertz CT molecular complexity index is 560. The van der Waals surface area contributed by atoms with Crippen LogP contribution in [-0.4, -0.2) is 22.0 Å². The molecule has 20 heavy (non-hydrogen) atoms. The topological polar surface area (TPSA) is 65.1 Å². The van der Waals surface area contributed by atoms with Crippen molar-refractivity contribution < 1.29 is 4.74 Å². The van der Waals surface area contributed by atoms with Gasteiger partial charge in [-0.1, -0.05) is 18.2 Å². The van der Waals surface area contributed by atoms with Crippen LogP contribution >= 0.6 is 0 Å². The van der Waals surface area contributed by atoms with Crippen LogP contribution in [0.4, 0.5) is 0 Å². The van der Waals surface area contributed by atoms with E-state index in [1.54, 1.807) is 6.20 Å². The summed E-state index contributed by atoms with van der Waals surface area (Å²) < 4.78 is 7.84. The number of hydrogen-bond acceptors (Lipinski definition) is 4. The lowest BCUT2D eigenvalue weighted by molar-refractivity contribution is -0.0143. The number of ether oxygens (including phenoxy) is 1. The summed E-state index contributed by atoms with van der Waals surface area (Å²) in [6.07, 6.45) is 3.85. The second-order valence-corrected chi connectivity index (χ2v) is 5.37. The first kappa shape index (κ1) is 13.3. The monoisotopic (exact) mass is 272 g/mol. The maximum Gasteiger partial charge on any atom is 0.0920 e. The molecule has 0 amide bonds. The first-order valence-corrected chi connectivity index (χ1v) is 6.94. The first-order chi connectivity index (χ1) is 9.74. The third-order valence-corrected chi connectivity index (χ3v) is 4.00. The van der Waals surface area contributed by atoms with Gasteiger partial charge in [-0.2, -0.15) is 5.10 Å². The molecule has 1 fully saturated rings. The van der Waals surface area contributed by atoms with Gasteiger partial charge in [0.1, 0.15) is 0 Å². The molecule has 0 spiro atoms. The molecule has 1 aliphatic rings. The molecule has 1 saturated heterocycles. The van der Waals surface area contributed by atoms with E-state index >= 15 is 0 Å². The van der Waals surface area contributed by atoms with Crippen LogP contribution in [0.25, 0.3) is 5.69 Å². The van der Waals surface area contributed by atoms with Crippen molar-refractivity contribution in [3.05, 3.63) is 48.3 Å². The van der Waals surface area contributed by atoms with Gasteiger partial charge in [0, 0.05) is 12.8 Å². The van der Waals surface area contributed by atoms with E-state index in [0.29, 0.717) is 0 Å². The predicted octanol–water partition coefficient (Wildman–Crippen LogP) is 1.95. The molecule has 1 aromatic carbocycles. The zero-order valence-electron chi connectivity index (χ0n) is 11.6. The van der Waals surface area contributed by atoms with Crippen LogP contribution in [0.2, 0.25) is 0 Å². The Morgan fingerprint density at radius 1 is 1.35 bits per heavy atom. The molecular weight excluding hydrogens is 252 g/mol. The van der Waals surface area contributed by atoms with Crippen LogP contribution in [0, 0.1) is 0 Å². The van der Waals surface area contributed by atoms with Crippen LogP contribution in [0.15, 0.2) is 42.6 Å². The highest BCUT2D eigenvalue weighted by Gasteiger charge is 2.40. The summed E-state index contributed by atoms with van der Waals surface area (Å²) in [6.45, 7) is 2.89. The number of para-hydroxylation sites is 1. The van der Waals surface area contributed by atoms with Gasteiger partial charge in [-0.15, -0.1) is 0 Å². The van der Waals surface area contributed by atoms with Gasteiger partial charge in [0.05, 0.1) is 23.0 Å². The summed E-state index contributed by atoms with van der Waals surface area (Å²) in [4.78, 5) is 0. The van der Waals surface area contributed by atoms with Gasteiger partial charge in [-0.3, -0.25) is 5.84 Å². The summed E-state index contributed by atoms with van der Waals surface area (Å²) in [5, 5.41) is 4.42. The Morgan fingerprint density at radius 3 is 2.80 bits per heavy atom. The standard InChI is InChI=1S/C15H20N4O/c1-15(9-5-11-20-15)14(18-16)13-8-10-17-19(13)12-6-3-2-4-7-12/h2-4,6-8,10,14,18H,5,9,11,16H2,1H3. The molecule has 3 N–H and O–H groups in total. The maximum atomic E-state index is 5.92. The predicted molar refractivity (Wildman–Crippen MR) is 77.2 cm³/mol. The molecular formula is C15H20N4O. The van der Waals surface area contributed by atoms with E-state index < -0.39 is 0 Å². The van der Waals surface area contributed by atoms with Crippen LogP contribution in [-0.2, 0) is 4.74 Å². The zero-order chi connectivity index (χ0) is 14.0. The molecule has 3 rings (SSSR count). The molecule has 106 valence electrons. The van der Waals surface area contributed by atoms with E-state index in [9.17, 15) is 0 Å². The molecule has 2 unspecified atom stereocenters. The second kappa shape index (κ2) is 5.36. The van der Waals surface area contributed by atoms with E-state index in [-0.39, 0.29) is 11.6 Å². The highest BCUT2D eigenvalue weighted by molar-refractivity contribution is 5.33. The molecule has 0 aliphatic carbocycles. The van der Waals surface area contributed by atoms with E-state index in [2.05, 4.69) is 17.4 Å². The Morgan fingerprint density at radius 2 is 2.15 bits per heavy atom. The number of hydrazine groups is 1. The van der Waals surface area contributed by atoms with Gasteiger partial charge in [0.25, 0.3) is 0 Å². The van der Waals surface area contributed by atoms with Crippen molar-refractivity contribution in [3.8, 4) is 5.69 Å². The van der Waals surface area contributed by atoms with Gasteiger partial charge in [-0.05, 0) is 38.0 Å². The molecule has 1 aliphatic heterocycles. The average molecular weight is 272 g/mol. The minimum atomic E-state index is -0.290. The van der Waals surface area contributed by atoms with E-state index in [4.69, 9.17) is 10.6 Å². The molecule has 5 heteroatoms. The number of nitrogens with zero attached hydrogens (tertiary/aromatic N) is 2. The summed E-state index contributed by atoms with van der Waals surface area (Å²) in [6, 6.07) is 12.0. The van der Waals surface area contributed by atoms with Crippen LogP contribution in [0.5, 0.6) is 0 Å². The van der Waals surface area contributed by atoms with Crippen molar-refractivity contribution in [2.24, 2.45) is 5.84 Å². The quantitative estimate of drug-likeness (QED) is 0.659. The Kier molecular flexibility index (Phi) is 3.56. The lowest BCUT2D eigenvalue weighted by Crippen LogP contribution is -2.45. The average Bonchev–Trinajstić information content (AvgIpc) is 3.11. The first-order valence-electron chi connectivity index (χ1n) is 6.94. The van der Waals surface area contributed by atoms with Crippen molar-refractivity contribution in [3.63, 3.8) is 0 Å². The number of aromatic nitrogens is 2. The third kappa shape index (κ3) is 2.24. The Hall–Kier alpha value is -1.69. The second-order valence-electron chi connectivity index (χ2n) is 5.37. The molecule has 0 radical (unpaired) electrons. The lowest BCUT2D eigenvalue weighted by atomic mass is 9.91. The summed E-state index contributed by atoms with van der Waals surface area (Å²) >= 11 is 0. The number of hydrogen-bond donors (Lipinski definition) is 2.